The summed E-state index contributed by atoms with van der Waals surface area (Å²) in [5.41, 5.74) is 1.99. The van der Waals surface area contributed by atoms with Gasteiger partial charge in [0.15, 0.2) is 5.78 Å². The molecule has 1 atom stereocenters. The number of halogens is 1. The van der Waals surface area contributed by atoms with Crippen LogP contribution in [0, 0.1) is 5.92 Å². The molecule has 1 aromatic carbocycles. The Labute approximate surface area is 117 Å². The number of anilines is 1. The van der Waals surface area contributed by atoms with E-state index >= 15 is 0 Å². The van der Waals surface area contributed by atoms with Crippen LogP contribution in [0.25, 0.3) is 0 Å². The first kappa shape index (κ1) is 13.6. The standard InChI is InChI=1S/C15H20BrNO/c1-11-4-3-8-17(9-7-11)15-6-5-13(12(2)18)10-14(15)16/h5-6,10-11H,3-4,7-9H2,1-2H3. The summed E-state index contributed by atoms with van der Waals surface area (Å²) in [5, 5.41) is 0. The van der Waals surface area contributed by atoms with Crippen molar-refractivity contribution in [1.29, 1.82) is 0 Å². The fourth-order valence-corrected chi connectivity index (χ4v) is 3.12. The molecular formula is C15H20BrNO. The van der Waals surface area contributed by atoms with Crippen LogP contribution in [0.2, 0.25) is 0 Å². The van der Waals surface area contributed by atoms with Crippen LogP contribution in [0.15, 0.2) is 22.7 Å². The molecule has 3 heteroatoms. The highest BCUT2D eigenvalue weighted by Gasteiger charge is 2.16. The molecule has 0 spiro atoms. The number of hydrogen-bond donors (Lipinski definition) is 0. The fraction of sp³-hybridized carbons (Fsp3) is 0.533. The summed E-state index contributed by atoms with van der Waals surface area (Å²) in [6.07, 6.45) is 3.82. The normalized spacial score (nSPS) is 20.6. The fourth-order valence-electron chi connectivity index (χ4n) is 2.49. The van der Waals surface area contributed by atoms with Crippen molar-refractivity contribution in [3.63, 3.8) is 0 Å². The van der Waals surface area contributed by atoms with Crippen molar-refractivity contribution in [2.75, 3.05) is 18.0 Å². The second-order valence-corrected chi connectivity index (χ2v) is 6.10. The molecule has 18 heavy (non-hydrogen) atoms. The Morgan fingerprint density at radius 3 is 2.78 bits per heavy atom. The van der Waals surface area contributed by atoms with Crippen molar-refractivity contribution in [2.45, 2.75) is 33.1 Å². The summed E-state index contributed by atoms with van der Waals surface area (Å²) in [7, 11) is 0. The molecule has 1 aliphatic heterocycles. The lowest BCUT2D eigenvalue weighted by Crippen LogP contribution is -2.24. The van der Waals surface area contributed by atoms with Crippen molar-refractivity contribution in [1.82, 2.24) is 0 Å². The molecule has 1 heterocycles. The van der Waals surface area contributed by atoms with Gasteiger partial charge in [-0.3, -0.25) is 4.79 Å². The number of hydrogen-bond acceptors (Lipinski definition) is 2. The zero-order chi connectivity index (χ0) is 13.1. The first-order valence-electron chi connectivity index (χ1n) is 6.63. The van der Waals surface area contributed by atoms with E-state index in [1.807, 2.05) is 12.1 Å². The summed E-state index contributed by atoms with van der Waals surface area (Å²) in [4.78, 5) is 13.8. The highest BCUT2D eigenvalue weighted by atomic mass is 79.9. The van der Waals surface area contributed by atoms with Crippen molar-refractivity contribution < 1.29 is 4.79 Å². The van der Waals surface area contributed by atoms with Gasteiger partial charge in [0.2, 0.25) is 0 Å². The highest BCUT2D eigenvalue weighted by molar-refractivity contribution is 9.10. The predicted molar refractivity (Wildman–Crippen MR) is 79.4 cm³/mol. The predicted octanol–water partition coefficient (Wildman–Crippen LogP) is 4.28. The number of nitrogens with zero attached hydrogens (tertiary/aromatic N) is 1. The molecule has 0 aliphatic carbocycles. The lowest BCUT2D eigenvalue weighted by atomic mass is 10.0. The first-order chi connectivity index (χ1) is 8.58. The minimum atomic E-state index is 0.117. The Balaban J connectivity index is 2.20. The molecule has 1 saturated heterocycles. The molecule has 1 unspecified atom stereocenters. The smallest absolute Gasteiger partial charge is 0.159 e. The number of ketones is 1. The van der Waals surface area contributed by atoms with Crippen LogP contribution in [-0.4, -0.2) is 18.9 Å². The van der Waals surface area contributed by atoms with E-state index in [4.69, 9.17) is 0 Å². The molecule has 1 fully saturated rings. The molecule has 0 amide bonds. The van der Waals surface area contributed by atoms with Gasteiger partial charge in [-0.25, -0.2) is 0 Å². The van der Waals surface area contributed by atoms with E-state index in [0.717, 1.165) is 29.0 Å². The van der Waals surface area contributed by atoms with Crippen LogP contribution in [-0.2, 0) is 0 Å². The second kappa shape index (κ2) is 5.87. The average Bonchev–Trinajstić information content (AvgIpc) is 2.54. The molecule has 1 aliphatic rings. The number of rotatable bonds is 2. The Kier molecular flexibility index (Phi) is 4.44. The third-order valence-electron chi connectivity index (χ3n) is 3.71. The molecule has 2 rings (SSSR count). The van der Waals surface area contributed by atoms with Gasteiger partial charge in [0.05, 0.1) is 5.69 Å². The van der Waals surface area contributed by atoms with Crippen molar-refractivity contribution in [3.05, 3.63) is 28.2 Å². The summed E-state index contributed by atoms with van der Waals surface area (Å²) < 4.78 is 1.03. The summed E-state index contributed by atoms with van der Waals surface area (Å²) in [6, 6.07) is 5.93. The average molecular weight is 310 g/mol. The molecule has 0 saturated carbocycles. The Bertz CT molecular complexity index is 444. The summed E-state index contributed by atoms with van der Waals surface area (Å²) in [6.45, 7) is 6.16. The lowest BCUT2D eigenvalue weighted by Gasteiger charge is -2.24. The van der Waals surface area contributed by atoms with Gasteiger partial charge in [-0.15, -0.1) is 0 Å². The topological polar surface area (TPSA) is 20.3 Å². The largest absolute Gasteiger partial charge is 0.371 e. The molecule has 0 bridgehead atoms. The number of carbonyl (C=O) groups is 1. The van der Waals surface area contributed by atoms with Crippen LogP contribution >= 0.6 is 15.9 Å². The maximum atomic E-state index is 11.3. The molecule has 0 radical (unpaired) electrons. The molecule has 2 nitrogen and oxygen atoms in total. The quantitative estimate of drug-likeness (QED) is 0.760. The molecule has 98 valence electrons. The van der Waals surface area contributed by atoms with E-state index in [2.05, 4.69) is 33.8 Å². The molecular weight excluding hydrogens is 290 g/mol. The van der Waals surface area contributed by atoms with Gasteiger partial charge in [-0.05, 0) is 66.2 Å². The van der Waals surface area contributed by atoms with Gasteiger partial charge >= 0.3 is 0 Å². The number of carbonyl (C=O) groups excluding carboxylic acids is 1. The van der Waals surface area contributed by atoms with Gasteiger partial charge in [0.25, 0.3) is 0 Å². The Morgan fingerprint density at radius 1 is 1.33 bits per heavy atom. The Hall–Kier alpha value is -0.830. The number of Topliss-reactive ketones (excluding diaryl/α,β-unsaturated/α-hetero) is 1. The first-order valence-corrected chi connectivity index (χ1v) is 7.42. The van der Waals surface area contributed by atoms with E-state index < -0.39 is 0 Å². The van der Waals surface area contributed by atoms with Crippen molar-refractivity contribution in [3.8, 4) is 0 Å². The monoisotopic (exact) mass is 309 g/mol. The number of benzene rings is 1. The van der Waals surface area contributed by atoms with Crippen LogP contribution in [0.1, 0.15) is 43.5 Å². The second-order valence-electron chi connectivity index (χ2n) is 5.25. The van der Waals surface area contributed by atoms with Gasteiger partial charge in [0, 0.05) is 23.1 Å². The van der Waals surface area contributed by atoms with E-state index in [9.17, 15) is 4.79 Å². The molecule has 1 aromatic rings. The minimum Gasteiger partial charge on any atom is -0.371 e. The minimum absolute atomic E-state index is 0.117. The lowest BCUT2D eigenvalue weighted by molar-refractivity contribution is 0.101. The molecule has 0 N–H and O–H groups in total. The third kappa shape index (κ3) is 3.14. The van der Waals surface area contributed by atoms with Crippen LogP contribution < -0.4 is 4.90 Å². The highest BCUT2D eigenvalue weighted by Crippen LogP contribution is 2.30. The van der Waals surface area contributed by atoms with Gasteiger partial charge < -0.3 is 4.90 Å². The SMILES string of the molecule is CC(=O)c1ccc(N2CCCC(C)CC2)c(Br)c1. The van der Waals surface area contributed by atoms with Gasteiger partial charge in [0.1, 0.15) is 0 Å². The summed E-state index contributed by atoms with van der Waals surface area (Å²) >= 11 is 3.60. The van der Waals surface area contributed by atoms with E-state index in [1.165, 1.54) is 24.9 Å². The van der Waals surface area contributed by atoms with E-state index in [0.29, 0.717) is 0 Å². The maximum Gasteiger partial charge on any atom is 0.159 e. The molecule has 0 aromatic heterocycles. The van der Waals surface area contributed by atoms with Gasteiger partial charge in [-0.2, -0.15) is 0 Å². The van der Waals surface area contributed by atoms with Crippen molar-refractivity contribution >= 4 is 27.4 Å². The summed E-state index contributed by atoms with van der Waals surface area (Å²) in [5.74, 6) is 0.942. The van der Waals surface area contributed by atoms with Crippen LogP contribution in [0.3, 0.4) is 0 Å². The van der Waals surface area contributed by atoms with E-state index in [-0.39, 0.29) is 5.78 Å². The zero-order valence-electron chi connectivity index (χ0n) is 11.1. The maximum absolute atomic E-state index is 11.3. The van der Waals surface area contributed by atoms with Crippen LogP contribution in [0.4, 0.5) is 5.69 Å². The van der Waals surface area contributed by atoms with Crippen LogP contribution in [0.5, 0.6) is 0 Å². The Morgan fingerprint density at radius 2 is 2.11 bits per heavy atom. The van der Waals surface area contributed by atoms with Gasteiger partial charge in [-0.1, -0.05) is 6.92 Å². The van der Waals surface area contributed by atoms with Crippen molar-refractivity contribution in [2.24, 2.45) is 5.92 Å². The van der Waals surface area contributed by atoms with E-state index in [1.54, 1.807) is 6.92 Å². The third-order valence-corrected chi connectivity index (χ3v) is 4.35. The zero-order valence-corrected chi connectivity index (χ0v) is 12.7.